The molecule has 7 nitrogen and oxygen atoms in total. The number of hydrogen-bond acceptors (Lipinski definition) is 6. The van der Waals surface area contributed by atoms with E-state index in [1.165, 1.54) is 0 Å². The maximum Gasteiger partial charge on any atom is 0.177 e. The second kappa shape index (κ2) is 7.48. The Labute approximate surface area is 157 Å². The summed E-state index contributed by atoms with van der Waals surface area (Å²) in [6.45, 7) is 1.97. The van der Waals surface area contributed by atoms with Gasteiger partial charge in [0.25, 0.3) is 0 Å². The minimum absolute atomic E-state index is 0.266. The Balaban J connectivity index is 1.52. The van der Waals surface area contributed by atoms with Crippen LogP contribution in [0.5, 0.6) is 5.75 Å². The Morgan fingerprint density at radius 2 is 2.11 bits per heavy atom. The fourth-order valence-corrected chi connectivity index (χ4v) is 3.18. The molecule has 0 saturated carbocycles. The van der Waals surface area contributed by atoms with Gasteiger partial charge in [0.1, 0.15) is 11.4 Å². The Hall–Kier alpha value is -3.37. The first kappa shape index (κ1) is 17.1. The van der Waals surface area contributed by atoms with Crippen molar-refractivity contribution >= 4 is 5.69 Å². The first-order chi connectivity index (χ1) is 13.3. The van der Waals surface area contributed by atoms with Crippen LogP contribution in [0, 0.1) is 11.3 Å². The fourth-order valence-electron chi connectivity index (χ4n) is 3.18. The van der Waals surface area contributed by atoms with E-state index in [-0.39, 0.29) is 6.23 Å². The molecule has 1 aromatic heterocycles. The quantitative estimate of drug-likeness (QED) is 0.695. The van der Waals surface area contributed by atoms with Gasteiger partial charge in [-0.05, 0) is 42.0 Å². The molecule has 0 amide bonds. The van der Waals surface area contributed by atoms with Crippen molar-refractivity contribution in [3.8, 4) is 11.8 Å². The van der Waals surface area contributed by atoms with Gasteiger partial charge < -0.3 is 14.4 Å². The number of ether oxygens (including phenoxy) is 2. The maximum atomic E-state index is 9.03. The van der Waals surface area contributed by atoms with Crippen molar-refractivity contribution in [1.82, 2.24) is 15.0 Å². The molecule has 0 spiro atoms. The summed E-state index contributed by atoms with van der Waals surface area (Å²) in [6.07, 6.45) is 1.63. The van der Waals surface area contributed by atoms with Crippen LogP contribution in [0.2, 0.25) is 0 Å². The lowest BCUT2D eigenvalue weighted by Gasteiger charge is -2.23. The maximum absolute atomic E-state index is 9.03. The van der Waals surface area contributed by atoms with E-state index in [4.69, 9.17) is 14.7 Å². The monoisotopic (exact) mass is 361 g/mol. The summed E-state index contributed by atoms with van der Waals surface area (Å²) in [7, 11) is 1.65. The van der Waals surface area contributed by atoms with E-state index in [1.807, 2.05) is 48.7 Å². The van der Waals surface area contributed by atoms with Crippen molar-refractivity contribution in [3.63, 3.8) is 0 Å². The highest BCUT2D eigenvalue weighted by molar-refractivity contribution is 5.50. The summed E-state index contributed by atoms with van der Waals surface area (Å²) in [4.78, 5) is 2.16. The third-order valence-electron chi connectivity index (χ3n) is 4.51. The smallest absolute Gasteiger partial charge is 0.177 e. The van der Waals surface area contributed by atoms with Crippen molar-refractivity contribution in [2.45, 2.75) is 12.8 Å². The van der Waals surface area contributed by atoms with E-state index in [1.54, 1.807) is 17.9 Å². The first-order valence-corrected chi connectivity index (χ1v) is 8.68. The normalized spacial score (nSPS) is 16.3. The van der Waals surface area contributed by atoms with E-state index in [2.05, 4.69) is 21.3 Å². The first-order valence-electron chi connectivity index (χ1n) is 8.68. The van der Waals surface area contributed by atoms with Crippen molar-refractivity contribution in [3.05, 3.63) is 71.5 Å². The summed E-state index contributed by atoms with van der Waals surface area (Å²) in [5.41, 5.74) is 3.46. The summed E-state index contributed by atoms with van der Waals surface area (Å²) in [6, 6.07) is 17.5. The second-order valence-corrected chi connectivity index (χ2v) is 6.27. The van der Waals surface area contributed by atoms with Crippen LogP contribution >= 0.6 is 0 Å². The Morgan fingerprint density at radius 1 is 1.26 bits per heavy atom. The number of methoxy groups -OCH3 is 1. The van der Waals surface area contributed by atoms with Crippen molar-refractivity contribution in [2.75, 3.05) is 25.2 Å². The average Bonchev–Trinajstić information content (AvgIpc) is 3.37. The molecule has 0 bridgehead atoms. The van der Waals surface area contributed by atoms with Gasteiger partial charge in [0.05, 0.1) is 38.1 Å². The van der Waals surface area contributed by atoms with Crippen molar-refractivity contribution in [2.24, 2.45) is 0 Å². The molecule has 0 aliphatic carbocycles. The zero-order chi connectivity index (χ0) is 18.6. The highest BCUT2D eigenvalue weighted by atomic mass is 16.5. The van der Waals surface area contributed by atoms with E-state index in [0.717, 1.165) is 29.2 Å². The molecule has 4 rings (SSSR count). The van der Waals surface area contributed by atoms with Gasteiger partial charge in [0.15, 0.2) is 6.23 Å². The molecule has 1 aliphatic heterocycles. The standard InChI is InChI=1S/C20H19N5O2/c1-26-18-7-5-17(6-8-18)25-9-10-27-20(25)19-14-24(23-22-19)13-16-4-2-3-15(11-16)12-21/h2-8,11,14,20H,9-10,13H2,1H3. The molecule has 0 radical (unpaired) electrons. The number of nitriles is 1. The molecule has 27 heavy (non-hydrogen) atoms. The zero-order valence-electron chi connectivity index (χ0n) is 14.9. The molecule has 1 fully saturated rings. The topological polar surface area (TPSA) is 76.2 Å². The molecule has 1 aliphatic rings. The average molecular weight is 361 g/mol. The van der Waals surface area contributed by atoms with Gasteiger partial charge in [0.2, 0.25) is 0 Å². The zero-order valence-corrected chi connectivity index (χ0v) is 14.9. The lowest BCUT2D eigenvalue weighted by Crippen LogP contribution is -2.23. The number of aromatic nitrogens is 3. The Kier molecular flexibility index (Phi) is 4.73. The number of benzene rings is 2. The summed E-state index contributed by atoms with van der Waals surface area (Å²) >= 11 is 0. The van der Waals surface area contributed by atoms with Gasteiger partial charge >= 0.3 is 0 Å². The van der Waals surface area contributed by atoms with Crippen LogP contribution in [-0.4, -0.2) is 35.3 Å². The van der Waals surface area contributed by atoms with Crippen LogP contribution in [0.25, 0.3) is 0 Å². The third kappa shape index (κ3) is 3.61. The lowest BCUT2D eigenvalue weighted by atomic mass is 10.1. The number of rotatable bonds is 5. The summed E-state index contributed by atoms with van der Waals surface area (Å²) < 4.78 is 12.9. The molecule has 7 heteroatoms. The second-order valence-electron chi connectivity index (χ2n) is 6.27. The minimum Gasteiger partial charge on any atom is -0.497 e. The largest absolute Gasteiger partial charge is 0.497 e. The van der Waals surface area contributed by atoms with E-state index in [0.29, 0.717) is 18.7 Å². The molecule has 1 unspecified atom stereocenters. The van der Waals surface area contributed by atoms with Crippen LogP contribution in [0.3, 0.4) is 0 Å². The predicted octanol–water partition coefficient (Wildman–Crippen LogP) is 2.74. The molecule has 2 heterocycles. The van der Waals surface area contributed by atoms with Crippen LogP contribution < -0.4 is 9.64 Å². The van der Waals surface area contributed by atoms with Gasteiger partial charge in [-0.2, -0.15) is 5.26 Å². The van der Waals surface area contributed by atoms with Gasteiger partial charge in [-0.3, -0.25) is 0 Å². The Morgan fingerprint density at radius 3 is 2.89 bits per heavy atom. The SMILES string of the molecule is COc1ccc(N2CCOC2c2cn(Cc3cccc(C#N)c3)nn2)cc1. The molecule has 1 saturated heterocycles. The van der Waals surface area contributed by atoms with E-state index >= 15 is 0 Å². The van der Waals surface area contributed by atoms with Gasteiger partial charge in [-0.1, -0.05) is 17.3 Å². The van der Waals surface area contributed by atoms with E-state index < -0.39 is 0 Å². The van der Waals surface area contributed by atoms with Crippen molar-refractivity contribution in [1.29, 1.82) is 5.26 Å². The molecule has 3 aromatic rings. The highest BCUT2D eigenvalue weighted by Crippen LogP contribution is 2.32. The van der Waals surface area contributed by atoms with Crippen LogP contribution in [0.1, 0.15) is 23.0 Å². The third-order valence-corrected chi connectivity index (χ3v) is 4.51. The Bertz CT molecular complexity index is 961. The number of hydrogen-bond donors (Lipinski definition) is 0. The molecule has 0 N–H and O–H groups in total. The van der Waals surface area contributed by atoms with Crippen LogP contribution in [0.15, 0.2) is 54.7 Å². The fraction of sp³-hybridized carbons (Fsp3) is 0.250. The molecule has 2 aromatic carbocycles. The summed E-state index contributed by atoms with van der Waals surface area (Å²) in [5, 5.41) is 17.6. The van der Waals surface area contributed by atoms with Gasteiger partial charge in [-0.15, -0.1) is 5.10 Å². The molecular formula is C20H19N5O2. The van der Waals surface area contributed by atoms with Crippen molar-refractivity contribution < 1.29 is 9.47 Å². The van der Waals surface area contributed by atoms with Crippen LogP contribution in [-0.2, 0) is 11.3 Å². The number of anilines is 1. The molecule has 136 valence electrons. The number of nitrogens with zero attached hydrogens (tertiary/aromatic N) is 5. The van der Waals surface area contributed by atoms with E-state index in [9.17, 15) is 0 Å². The predicted molar refractivity (Wildman–Crippen MR) is 99.3 cm³/mol. The van der Waals surface area contributed by atoms with Crippen LogP contribution in [0.4, 0.5) is 5.69 Å². The highest BCUT2D eigenvalue weighted by Gasteiger charge is 2.29. The lowest BCUT2D eigenvalue weighted by molar-refractivity contribution is 0.110. The molecule has 1 atom stereocenters. The minimum atomic E-state index is -0.266. The van der Waals surface area contributed by atoms with Gasteiger partial charge in [0, 0.05) is 12.2 Å². The molecular weight excluding hydrogens is 342 g/mol. The van der Waals surface area contributed by atoms with Gasteiger partial charge in [-0.25, -0.2) is 4.68 Å². The summed E-state index contributed by atoms with van der Waals surface area (Å²) in [5.74, 6) is 0.820.